The van der Waals surface area contributed by atoms with Crippen LogP contribution in [0, 0.1) is 5.82 Å². The number of carbonyl (C=O) groups excluding carboxylic acids is 2. The van der Waals surface area contributed by atoms with E-state index in [4.69, 9.17) is 5.11 Å². The second-order valence-electron chi connectivity index (χ2n) is 4.56. The van der Waals surface area contributed by atoms with Crippen molar-refractivity contribution >= 4 is 17.9 Å². The molecular weight excluding hydrogens is 267 g/mol. The van der Waals surface area contributed by atoms with Gasteiger partial charge in [0.2, 0.25) is 0 Å². The van der Waals surface area contributed by atoms with Crippen molar-refractivity contribution < 1.29 is 23.9 Å². The highest BCUT2D eigenvalue weighted by atomic mass is 19.1. The van der Waals surface area contributed by atoms with E-state index >= 15 is 0 Å². The van der Waals surface area contributed by atoms with Gasteiger partial charge < -0.3 is 10.4 Å². The van der Waals surface area contributed by atoms with E-state index in [1.54, 1.807) is 6.92 Å². The van der Waals surface area contributed by atoms with Gasteiger partial charge in [0.1, 0.15) is 11.4 Å². The number of benzene rings is 1. The van der Waals surface area contributed by atoms with Gasteiger partial charge in [0, 0.05) is 5.56 Å². The zero-order valence-electron chi connectivity index (χ0n) is 10.7. The maximum absolute atomic E-state index is 14.1. The number of aromatic carboxylic acids is 1. The average Bonchev–Trinajstić information content (AvgIpc) is 2.65. The second-order valence-corrected chi connectivity index (χ2v) is 4.56. The Morgan fingerprint density at radius 3 is 2.55 bits per heavy atom. The van der Waals surface area contributed by atoms with Crippen LogP contribution in [0.1, 0.15) is 35.7 Å². The Morgan fingerprint density at radius 2 is 2.10 bits per heavy atom. The SMILES string of the molecule is CCCC1(c2ccc(C(=O)O)cc2F)NC(=O)NC1=O. The number of amides is 3. The number of carbonyl (C=O) groups is 3. The number of rotatable bonds is 4. The lowest BCUT2D eigenvalue weighted by molar-refractivity contribution is -0.124. The molecule has 0 aliphatic carbocycles. The van der Waals surface area contributed by atoms with E-state index < -0.39 is 29.3 Å². The number of carboxylic acid groups (broad SMARTS) is 1. The number of nitrogens with one attached hydrogen (secondary N) is 2. The van der Waals surface area contributed by atoms with Crippen molar-refractivity contribution in [2.24, 2.45) is 0 Å². The summed E-state index contributed by atoms with van der Waals surface area (Å²) >= 11 is 0. The fourth-order valence-corrected chi connectivity index (χ4v) is 2.36. The summed E-state index contributed by atoms with van der Waals surface area (Å²) in [6, 6.07) is 2.58. The second kappa shape index (κ2) is 4.92. The van der Waals surface area contributed by atoms with Crippen LogP contribution in [0.4, 0.5) is 9.18 Å². The normalized spacial score (nSPS) is 21.5. The first-order valence-electron chi connectivity index (χ1n) is 6.07. The molecule has 20 heavy (non-hydrogen) atoms. The molecule has 1 aliphatic rings. The Labute approximate surface area is 114 Å². The van der Waals surface area contributed by atoms with Gasteiger partial charge in [0.25, 0.3) is 5.91 Å². The maximum atomic E-state index is 14.1. The molecule has 3 amide bonds. The molecule has 0 bridgehead atoms. The number of imide groups is 1. The van der Waals surface area contributed by atoms with Gasteiger partial charge in [-0.3, -0.25) is 10.1 Å². The molecule has 1 aromatic carbocycles. The van der Waals surface area contributed by atoms with E-state index in [1.807, 2.05) is 0 Å². The fourth-order valence-electron chi connectivity index (χ4n) is 2.36. The highest BCUT2D eigenvalue weighted by molar-refractivity contribution is 6.07. The van der Waals surface area contributed by atoms with Gasteiger partial charge in [-0.2, -0.15) is 0 Å². The lowest BCUT2D eigenvalue weighted by Crippen LogP contribution is -2.44. The molecule has 7 heteroatoms. The summed E-state index contributed by atoms with van der Waals surface area (Å²) in [4.78, 5) is 34.1. The quantitative estimate of drug-likeness (QED) is 0.726. The van der Waals surface area contributed by atoms with Crippen molar-refractivity contribution in [1.29, 1.82) is 0 Å². The van der Waals surface area contributed by atoms with Gasteiger partial charge >= 0.3 is 12.0 Å². The first-order chi connectivity index (χ1) is 9.40. The lowest BCUT2D eigenvalue weighted by atomic mass is 9.85. The topological polar surface area (TPSA) is 95.5 Å². The van der Waals surface area contributed by atoms with Gasteiger partial charge in [0.15, 0.2) is 0 Å². The zero-order valence-corrected chi connectivity index (χ0v) is 10.7. The fraction of sp³-hybridized carbons (Fsp3) is 0.308. The van der Waals surface area contributed by atoms with E-state index in [2.05, 4.69) is 10.6 Å². The summed E-state index contributed by atoms with van der Waals surface area (Å²) in [6.45, 7) is 1.79. The molecule has 1 saturated heterocycles. The number of hydrogen-bond donors (Lipinski definition) is 3. The standard InChI is InChI=1S/C13H13FN2O4/c1-2-5-13(11(19)15-12(20)16-13)8-4-3-7(10(17)18)6-9(8)14/h3-4,6H,2,5H2,1H3,(H,17,18)(H2,15,16,19,20). The molecule has 2 rings (SSSR count). The van der Waals surface area contributed by atoms with E-state index in [-0.39, 0.29) is 17.5 Å². The van der Waals surface area contributed by atoms with Crippen LogP contribution in [-0.4, -0.2) is 23.0 Å². The molecule has 0 spiro atoms. The third-order valence-corrected chi connectivity index (χ3v) is 3.24. The predicted molar refractivity (Wildman–Crippen MR) is 66.6 cm³/mol. The van der Waals surface area contributed by atoms with Crippen LogP contribution in [0.2, 0.25) is 0 Å². The Morgan fingerprint density at radius 1 is 1.40 bits per heavy atom. The molecule has 0 aromatic heterocycles. The largest absolute Gasteiger partial charge is 0.478 e. The van der Waals surface area contributed by atoms with Crippen molar-refractivity contribution in [1.82, 2.24) is 10.6 Å². The molecule has 106 valence electrons. The van der Waals surface area contributed by atoms with E-state index in [9.17, 15) is 18.8 Å². The summed E-state index contributed by atoms with van der Waals surface area (Å²) in [5.74, 6) is -2.73. The van der Waals surface area contributed by atoms with Crippen LogP contribution in [0.25, 0.3) is 0 Å². The predicted octanol–water partition coefficient (Wildman–Crippen LogP) is 1.36. The van der Waals surface area contributed by atoms with E-state index in [0.29, 0.717) is 6.42 Å². The molecule has 1 heterocycles. The Bertz CT molecular complexity index is 602. The Hall–Kier alpha value is -2.44. The van der Waals surface area contributed by atoms with Crippen LogP contribution in [-0.2, 0) is 10.3 Å². The summed E-state index contributed by atoms with van der Waals surface area (Å²) in [7, 11) is 0. The number of carboxylic acids is 1. The molecule has 1 fully saturated rings. The minimum Gasteiger partial charge on any atom is -0.478 e. The monoisotopic (exact) mass is 280 g/mol. The molecule has 6 nitrogen and oxygen atoms in total. The summed E-state index contributed by atoms with van der Waals surface area (Å²) in [5, 5.41) is 13.3. The molecule has 1 aliphatic heterocycles. The lowest BCUT2D eigenvalue weighted by Gasteiger charge is -2.26. The maximum Gasteiger partial charge on any atom is 0.335 e. The Kier molecular flexibility index (Phi) is 3.44. The number of urea groups is 1. The summed E-state index contributed by atoms with van der Waals surface area (Å²) in [5.41, 5.74) is -1.73. The smallest absolute Gasteiger partial charge is 0.335 e. The minimum absolute atomic E-state index is 0.0345. The van der Waals surface area contributed by atoms with Crippen molar-refractivity contribution in [2.45, 2.75) is 25.3 Å². The highest BCUT2D eigenvalue weighted by Crippen LogP contribution is 2.32. The van der Waals surface area contributed by atoms with Crippen molar-refractivity contribution in [2.75, 3.05) is 0 Å². The number of hydrogen-bond acceptors (Lipinski definition) is 3. The molecule has 1 unspecified atom stereocenters. The number of halogens is 1. The third kappa shape index (κ3) is 2.11. The molecule has 3 N–H and O–H groups in total. The zero-order chi connectivity index (χ0) is 14.9. The van der Waals surface area contributed by atoms with Crippen LogP contribution in [0.15, 0.2) is 18.2 Å². The highest BCUT2D eigenvalue weighted by Gasteiger charge is 2.48. The first-order valence-corrected chi connectivity index (χ1v) is 6.07. The van der Waals surface area contributed by atoms with E-state index in [0.717, 1.165) is 6.07 Å². The first kappa shape index (κ1) is 14.0. The summed E-state index contributed by atoms with van der Waals surface area (Å²) < 4.78 is 14.1. The Balaban J connectivity index is 2.53. The molecule has 0 saturated carbocycles. The van der Waals surface area contributed by atoms with Gasteiger partial charge in [0.05, 0.1) is 5.56 Å². The van der Waals surface area contributed by atoms with Gasteiger partial charge in [-0.1, -0.05) is 19.4 Å². The van der Waals surface area contributed by atoms with Gasteiger partial charge in [-0.15, -0.1) is 0 Å². The van der Waals surface area contributed by atoms with Crippen LogP contribution >= 0.6 is 0 Å². The summed E-state index contributed by atoms with van der Waals surface area (Å²) in [6.07, 6.45) is 0.752. The van der Waals surface area contributed by atoms with Crippen molar-refractivity contribution in [3.63, 3.8) is 0 Å². The molecular formula is C13H13FN2O4. The third-order valence-electron chi connectivity index (χ3n) is 3.24. The van der Waals surface area contributed by atoms with Gasteiger partial charge in [-0.25, -0.2) is 14.0 Å². The van der Waals surface area contributed by atoms with Gasteiger partial charge in [-0.05, 0) is 18.6 Å². The molecule has 1 atom stereocenters. The van der Waals surface area contributed by atoms with Crippen molar-refractivity contribution in [3.05, 3.63) is 35.1 Å². The molecule has 1 aromatic rings. The van der Waals surface area contributed by atoms with E-state index in [1.165, 1.54) is 12.1 Å². The van der Waals surface area contributed by atoms with Crippen molar-refractivity contribution in [3.8, 4) is 0 Å². The molecule has 0 radical (unpaired) electrons. The van der Waals surface area contributed by atoms with Crippen LogP contribution in [0.5, 0.6) is 0 Å². The van der Waals surface area contributed by atoms with Crippen LogP contribution in [0.3, 0.4) is 0 Å². The minimum atomic E-state index is -1.48. The average molecular weight is 280 g/mol. The van der Waals surface area contributed by atoms with Crippen LogP contribution < -0.4 is 10.6 Å².